The van der Waals surface area contributed by atoms with E-state index < -0.39 is 11.7 Å². The van der Waals surface area contributed by atoms with Crippen LogP contribution in [0.15, 0.2) is 30.6 Å². The predicted octanol–water partition coefficient (Wildman–Crippen LogP) is 2.56. The minimum Gasteiger partial charge on any atom is -0.372 e. The van der Waals surface area contributed by atoms with Gasteiger partial charge in [0.1, 0.15) is 17.3 Å². The second kappa shape index (κ2) is 5.62. The molecule has 98 valence electrons. The molecule has 1 aromatic carbocycles. The van der Waals surface area contributed by atoms with Gasteiger partial charge in [-0.25, -0.2) is 9.37 Å². The summed E-state index contributed by atoms with van der Waals surface area (Å²) in [6.45, 7) is 0. The van der Waals surface area contributed by atoms with Gasteiger partial charge in [0.05, 0.1) is 23.1 Å². The fourth-order valence-corrected chi connectivity index (χ4v) is 1.60. The number of para-hydroxylation sites is 1. The van der Waals surface area contributed by atoms with Crippen molar-refractivity contribution in [3.63, 3.8) is 0 Å². The molecule has 2 N–H and O–H groups in total. The highest BCUT2D eigenvalue weighted by Crippen LogP contribution is 2.24. The quantitative estimate of drug-likeness (QED) is 0.907. The maximum atomic E-state index is 13.5. The molecule has 0 saturated carbocycles. The standard InChI is InChI=1S/C12H10ClFN4O/c1-15-10-6-16-5-9(17-10)12(19)18-11-7(13)3-2-4-8(11)14/h2-6H,1H3,(H,15,17)(H,18,19). The molecule has 0 aliphatic carbocycles. The van der Waals surface area contributed by atoms with Gasteiger partial charge in [-0.1, -0.05) is 17.7 Å². The van der Waals surface area contributed by atoms with Crippen molar-refractivity contribution in [2.24, 2.45) is 0 Å². The zero-order chi connectivity index (χ0) is 13.8. The summed E-state index contributed by atoms with van der Waals surface area (Å²) in [6.07, 6.45) is 2.75. The SMILES string of the molecule is CNc1cncc(C(=O)Nc2c(F)cccc2Cl)n1. The first-order chi connectivity index (χ1) is 9.11. The zero-order valence-corrected chi connectivity index (χ0v) is 10.7. The largest absolute Gasteiger partial charge is 0.372 e. The normalized spacial score (nSPS) is 10.1. The maximum Gasteiger partial charge on any atom is 0.276 e. The summed E-state index contributed by atoms with van der Waals surface area (Å²) < 4.78 is 13.5. The number of amides is 1. The maximum absolute atomic E-state index is 13.5. The fraction of sp³-hybridized carbons (Fsp3) is 0.0833. The van der Waals surface area contributed by atoms with Crippen molar-refractivity contribution in [1.29, 1.82) is 0 Å². The second-order valence-electron chi connectivity index (χ2n) is 3.59. The van der Waals surface area contributed by atoms with E-state index in [1.165, 1.54) is 30.6 Å². The molecule has 5 nitrogen and oxygen atoms in total. The van der Waals surface area contributed by atoms with E-state index in [1.807, 2.05) is 0 Å². The van der Waals surface area contributed by atoms with Gasteiger partial charge in [0, 0.05) is 7.05 Å². The first kappa shape index (κ1) is 13.2. The third kappa shape index (κ3) is 2.97. The van der Waals surface area contributed by atoms with E-state index in [0.717, 1.165) is 0 Å². The number of carbonyl (C=O) groups is 1. The van der Waals surface area contributed by atoms with Gasteiger partial charge in [0.25, 0.3) is 5.91 Å². The van der Waals surface area contributed by atoms with E-state index in [0.29, 0.717) is 5.82 Å². The molecule has 0 spiro atoms. The molecular weight excluding hydrogens is 271 g/mol. The van der Waals surface area contributed by atoms with E-state index in [1.54, 1.807) is 7.05 Å². The summed E-state index contributed by atoms with van der Waals surface area (Å²) in [5.74, 6) is -0.762. The fourth-order valence-electron chi connectivity index (χ4n) is 1.39. The molecule has 0 fully saturated rings. The van der Waals surface area contributed by atoms with Crippen molar-refractivity contribution >= 4 is 29.0 Å². The van der Waals surface area contributed by atoms with Crippen LogP contribution >= 0.6 is 11.6 Å². The lowest BCUT2D eigenvalue weighted by Crippen LogP contribution is -2.16. The van der Waals surface area contributed by atoms with Crippen LogP contribution in [0.1, 0.15) is 10.5 Å². The van der Waals surface area contributed by atoms with Crippen LogP contribution < -0.4 is 10.6 Å². The van der Waals surface area contributed by atoms with Crippen molar-refractivity contribution in [2.45, 2.75) is 0 Å². The number of anilines is 2. The Labute approximate surface area is 113 Å². The molecule has 0 aliphatic heterocycles. The highest BCUT2D eigenvalue weighted by Gasteiger charge is 2.14. The van der Waals surface area contributed by atoms with E-state index in [4.69, 9.17) is 11.6 Å². The third-order valence-electron chi connectivity index (χ3n) is 2.32. The molecule has 1 aromatic heterocycles. The number of rotatable bonds is 3. The van der Waals surface area contributed by atoms with Gasteiger partial charge >= 0.3 is 0 Å². The predicted molar refractivity (Wildman–Crippen MR) is 70.9 cm³/mol. The Hall–Kier alpha value is -2.21. The van der Waals surface area contributed by atoms with Gasteiger partial charge in [0.2, 0.25) is 0 Å². The topological polar surface area (TPSA) is 66.9 Å². The summed E-state index contributed by atoms with van der Waals surface area (Å²) in [6, 6.07) is 4.14. The van der Waals surface area contributed by atoms with Crippen molar-refractivity contribution in [2.75, 3.05) is 17.7 Å². The smallest absolute Gasteiger partial charge is 0.276 e. The average molecular weight is 281 g/mol. The molecule has 0 bridgehead atoms. The molecular formula is C12H10ClFN4O. The van der Waals surface area contributed by atoms with Gasteiger partial charge in [-0.05, 0) is 12.1 Å². The van der Waals surface area contributed by atoms with E-state index in [-0.39, 0.29) is 16.4 Å². The number of carbonyl (C=O) groups excluding carboxylic acids is 1. The number of halogens is 2. The molecule has 0 atom stereocenters. The molecule has 2 rings (SSSR count). The number of hydrogen-bond donors (Lipinski definition) is 2. The Morgan fingerprint density at radius 2 is 2.16 bits per heavy atom. The molecule has 1 heterocycles. The van der Waals surface area contributed by atoms with Crippen LogP contribution in [0.3, 0.4) is 0 Å². The van der Waals surface area contributed by atoms with Crippen LogP contribution in [0.2, 0.25) is 5.02 Å². The zero-order valence-electron chi connectivity index (χ0n) is 9.95. The van der Waals surface area contributed by atoms with Crippen LogP contribution in [0.4, 0.5) is 15.9 Å². The van der Waals surface area contributed by atoms with Gasteiger partial charge in [-0.3, -0.25) is 9.78 Å². The van der Waals surface area contributed by atoms with Gasteiger partial charge in [-0.2, -0.15) is 0 Å². The molecule has 0 saturated heterocycles. The Kier molecular flexibility index (Phi) is 3.91. The number of nitrogens with one attached hydrogen (secondary N) is 2. The number of hydrogen-bond acceptors (Lipinski definition) is 4. The van der Waals surface area contributed by atoms with Crippen molar-refractivity contribution in [3.8, 4) is 0 Å². The molecule has 0 aliphatic rings. The van der Waals surface area contributed by atoms with Gasteiger partial charge in [0.15, 0.2) is 0 Å². The van der Waals surface area contributed by atoms with Crippen LogP contribution in [-0.4, -0.2) is 22.9 Å². The first-order valence-corrected chi connectivity index (χ1v) is 5.75. The highest BCUT2D eigenvalue weighted by molar-refractivity contribution is 6.33. The Morgan fingerprint density at radius 1 is 1.37 bits per heavy atom. The van der Waals surface area contributed by atoms with Crippen molar-refractivity contribution in [1.82, 2.24) is 9.97 Å². The summed E-state index contributed by atoms with van der Waals surface area (Å²) in [5, 5.41) is 5.24. The minimum atomic E-state index is -0.612. The van der Waals surface area contributed by atoms with Crippen LogP contribution in [0, 0.1) is 5.82 Å². The molecule has 1 amide bonds. The first-order valence-electron chi connectivity index (χ1n) is 5.37. The molecule has 19 heavy (non-hydrogen) atoms. The monoisotopic (exact) mass is 280 g/mol. The Balaban J connectivity index is 2.25. The van der Waals surface area contributed by atoms with Crippen LogP contribution in [0.5, 0.6) is 0 Å². The van der Waals surface area contributed by atoms with E-state index >= 15 is 0 Å². The lowest BCUT2D eigenvalue weighted by Gasteiger charge is -2.08. The minimum absolute atomic E-state index is 0.0613. The van der Waals surface area contributed by atoms with Gasteiger partial charge < -0.3 is 10.6 Å². The third-order valence-corrected chi connectivity index (χ3v) is 2.64. The van der Waals surface area contributed by atoms with E-state index in [2.05, 4.69) is 20.6 Å². The Morgan fingerprint density at radius 3 is 2.84 bits per heavy atom. The number of benzene rings is 1. The van der Waals surface area contributed by atoms with Crippen molar-refractivity contribution in [3.05, 3.63) is 47.1 Å². The molecule has 7 heteroatoms. The lowest BCUT2D eigenvalue weighted by molar-refractivity contribution is 0.102. The average Bonchev–Trinajstić information content (AvgIpc) is 2.43. The van der Waals surface area contributed by atoms with Crippen molar-refractivity contribution < 1.29 is 9.18 Å². The van der Waals surface area contributed by atoms with Crippen LogP contribution in [-0.2, 0) is 0 Å². The highest BCUT2D eigenvalue weighted by atomic mass is 35.5. The summed E-state index contributed by atoms with van der Waals surface area (Å²) in [7, 11) is 1.65. The molecule has 0 unspecified atom stereocenters. The van der Waals surface area contributed by atoms with Crippen LogP contribution in [0.25, 0.3) is 0 Å². The summed E-state index contributed by atoms with van der Waals surface area (Å²) in [5.41, 5.74) is -0.0167. The van der Waals surface area contributed by atoms with Gasteiger partial charge in [-0.15, -0.1) is 0 Å². The Bertz CT molecular complexity index is 600. The lowest BCUT2D eigenvalue weighted by atomic mass is 10.3. The van der Waals surface area contributed by atoms with E-state index in [9.17, 15) is 9.18 Å². The molecule has 0 radical (unpaired) electrons. The summed E-state index contributed by atoms with van der Waals surface area (Å²) >= 11 is 5.82. The second-order valence-corrected chi connectivity index (χ2v) is 4.00. The number of aromatic nitrogens is 2. The summed E-state index contributed by atoms with van der Waals surface area (Å²) in [4.78, 5) is 19.8. The molecule has 2 aromatic rings. The number of nitrogens with zero attached hydrogens (tertiary/aromatic N) is 2.